The average molecular weight is 319 g/mol. The van der Waals surface area contributed by atoms with Gasteiger partial charge in [0.15, 0.2) is 5.78 Å². The Labute approximate surface area is 140 Å². The van der Waals surface area contributed by atoms with Crippen molar-refractivity contribution >= 4 is 23.2 Å². The minimum Gasteiger partial charge on any atom is -0.399 e. The minimum atomic E-state index is -0.00950. The van der Waals surface area contributed by atoms with E-state index < -0.39 is 0 Å². The summed E-state index contributed by atoms with van der Waals surface area (Å²) in [5, 5.41) is 0. The van der Waals surface area contributed by atoms with Crippen molar-refractivity contribution in [3.05, 3.63) is 89.5 Å². The van der Waals surface area contributed by atoms with Crippen molar-refractivity contribution < 1.29 is 4.79 Å². The number of aryl methyl sites for hydroxylation is 1. The number of nitrogen functional groups attached to an aromatic ring is 1. The molecule has 0 unspecified atom stereocenters. The van der Waals surface area contributed by atoms with Crippen molar-refractivity contribution in [1.29, 1.82) is 0 Å². The number of carbonyl (C=O) groups excluding carboxylic acids is 1. The Morgan fingerprint density at radius 3 is 2.30 bits per heavy atom. The summed E-state index contributed by atoms with van der Waals surface area (Å²) in [7, 11) is 0. The molecule has 0 aliphatic rings. The van der Waals surface area contributed by atoms with Crippen LogP contribution >= 0.6 is 11.8 Å². The third-order valence-corrected chi connectivity index (χ3v) is 4.77. The number of ketones is 1. The highest BCUT2D eigenvalue weighted by Crippen LogP contribution is 2.30. The fraction of sp³-hybridized carbons (Fsp3) is 0.0500. The Bertz CT molecular complexity index is 840. The molecule has 0 aliphatic heterocycles. The Kier molecular flexibility index (Phi) is 4.49. The van der Waals surface area contributed by atoms with Gasteiger partial charge in [-0.3, -0.25) is 4.79 Å². The van der Waals surface area contributed by atoms with Gasteiger partial charge in [-0.1, -0.05) is 42.1 Å². The van der Waals surface area contributed by atoms with Crippen LogP contribution < -0.4 is 5.73 Å². The number of rotatable bonds is 4. The molecule has 0 bridgehead atoms. The molecule has 2 N–H and O–H groups in total. The number of carbonyl (C=O) groups is 1. The van der Waals surface area contributed by atoms with Crippen LogP contribution in [0.3, 0.4) is 0 Å². The van der Waals surface area contributed by atoms with Gasteiger partial charge in [-0.25, -0.2) is 0 Å². The zero-order valence-corrected chi connectivity index (χ0v) is 13.6. The van der Waals surface area contributed by atoms with E-state index in [1.807, 2.05) is 36.4 Å². The third kappa shape index (κ3) is 3.63. The largest absolute Gasteiger partial charge is 0.399 e. The van der Waals surface area contributed by atoms with Crippen LogP contribution in [0.15, 0.2) is 82.6 Å². The van der Waals surface area contributed by atoms with Gasteiger partial charge in [-0.05, 0) is 55.0 Å². The molecule has 0 fully saturated rings. The lowest BCUT2D eigenvalue weighted by atomic mass is 10.0. The Morgan fingerprint density at radius 2 is 1.61 bits per heavy atom. The second-order valence-corrected chi connectivity index (χ2v) is 6.46. The molecule has 0 aliphatic carbocycles. The molecule has 0 saturated heterocycles. The van der Waals surface area contributed by atoms with Crippen molar-refractivity contribution in [1.82, 2.24) is 0 Å². The normalized spacial score (nSPS) is 10.5. The van der Waals surface area contributed by atoms with E-state index in [9.17, 15) is 4.79 Å². The summed E-state index contributed by atoms with van der Waals surface area (Å²) in [5.74, 6) is -0.00950. The second kappa shape index (κ2) is 6.71. The van der Waals surface area contributed by atoms with Gasteiger partial charge in [-0.15, -0.1) is 0 Å². The lowest BCUT2D eigenvalue weighted by molar-refractivity contribution is 0.103. The van der Waals surface area contributed by atoms with Gasteiger partial charge < -0.3 is 5.73 Å². The van der Waals surface area contributed by atoms with Crippen molar-refractivity contribution in [2.45, 2.75) is 16.7 Å². The zero-order chi connectivity index (χ0) is 16.2. The maximum absolute atomic E-state index is 12.5. The lowest BCUT2D eigenvalue weighted by Crippen LogP contribution is -2.01. The predicted molar refractivity (Wildman–Crippen MR) is 96.0 cm³/mol. The van der Waals surface area contributed by atoms with Crippen LogP contribution in [0.2, 0.25) is 0 Å². The molecule has 114 valence electrons. The standard InChI is InChI=1S/C20H17NOS/c1-14-5-2-3-8-19(14)23-18-11-9-15(10-12-18)20(22)16-6-4-7-17(21)13-16/h2-13H,21H2,1H3. The number of nitrogens with two attached hydrogens (primary N) is 1. The molecule has 0 radical (unpaired) electrons. The van der Waals surface area contributed by atoms with Gasteiger partial charge in [0.25, 0.3) is 0 Å². The van der Waals surface area contributed by atoms with Gasteiger partial charge in [0.2, 0.25) is 0 Å². The maximum atomic E-state index is 12.5. The summed E-state index contributed by atoms with van der Waals surface area (Å²) in [6.07, 6.45) is 0. The molecule has 2 nitrogen and oxygen atoms in total. The molecule has 3 heteroatoms. The molecule has 3 aromatic rings. The fourth-order valence-electron chi connectivity index (χ4n) is 2.32. The van der Waals surface area contributed by atoms with Crippen molar-refractivity contribution in [2.24, 2.45) is 0 Å². The van der Waals surface area contributed by atoms with Gasteiger partial charge in [-0.2, -0.15) is 0 Å². The maximum Gasteiger partial charge on any atom is 0.193 e. The highest BCUT2D eigenvalue weighted by Gasteiger charge is 2.09. The second-order valence-electron chi connectivity index (χ2n) is 5.35. The van der Waals surface area contributed by atoms with Crippen LogP contribution in [-0.2, 0) is 0 Å². The molecular formula is C20H17NOS. The average Bonchev–Trinajstić information content (AvgIpc) is 2.57. The first kappa shape index (κ1) is 15.4. The number of benzene rings is 3. The molecule has 23 heavy (non-hydrogen) atoms. The number of hydrogen-bond donors (Lipinski definition) is 1. The lowest BCUT2D eigenvalue weighted by Gasteiger charge is -2.06. The van der Waals surface area contributed by atoms with Gasteiger partial charge in [0.05, 0.1) is 0 Å². The van der Waals surface area contributed by atoms with Gasteiger partial charge in [0, 0.05) is 26.6 Å². The molecular weight excluding hydrogens is 302 g/mol. The molecule has 0 spiro atoms. The number of hydrogen-bond acceptors (Lipinski definition) is 3. The first-order chi connectivity index (χ1) is 11.1. The van der Waals surface area contributed by atoms with Crippen molar-refractivity contribution in [2.75, 3.05) is 5.73 Å². The van der Waals surface area contributed by atoms with E-state index in [1.54, 1.807) is 36.0 Å². The van der Waals surface area contributed by atoms with E-state index in [0.29, 0.717) is 16.8 Å². The van der Waals surface area contributed by atoms with E-state index in [0.717, 1.165) is 4.90 Å². The number of anilines is 1. The van der Waals surface area contributed by atoms with Gasteiger partial charge >= 0.3 is 0 Å². The smallest absolute Gasteiger partial charge is 0.193 e. The first-order valence-corrected chi connectivity index (χ1v) is 8.19. The van der Waals surface area contributed by atoms with E-state index in [2.05, 4.69) is 19.1 Å². The van der Waals surface area contributed by atoms with Crippen LogP contribution in [0.4, 0.5) is 5.69 Å². The van der Waals surface area contributed by atoms with Crippen molar-refractivity contribution in [3.8, 4) is 0 Å². The van der Waals surface area contributed by atoms with Crippen LogP contribution in [0, 0.1) is 6.92 Å². The highest BCUT2D eigenvalue weighted by atomic mass is 32.2. The predicted octanol–water partition coefficient (Wildman–Crippen LogP) is 4.96. The molecule has 3 aromatic carbocycles. The highest BCUT2D eigenvalue weighted by molar-refractivity contribution is 7.99. The van der Waals surface area contributed by atoms with E-state index >= 15 is 0 Å². The monoisotopic (exact) mass is 319 g/mol. The van der Waals surface area contributed by atoms with E-state index in [1.165, 1.54) is 10.5 Å². The third-order valence-electron chi connectivity index (χ3n) is 3.59. The Balaban J connectivity index is 1.79. The Hall–Kier alpha value is -2.52. The van der Waals surface area contributed by atoms with Crippen LogP contribution in [0.25, 0.3) is 0 Å². The van der Waals surface area contributed by atoms with Crippen LogP contribution in [-0.4, -0.2) is 5.78 Å². The molecule has 0 atom stereocenters. The fourth-order valence-corrected chi connectivity index (χ4v) is 3.22. The summed E-state index contributed by atoms with van der Waals surface area (Å²) < 4.78 is 0. The molecule has 0 aromatic heterocycles. The van der Waals surface area contributed by atoms with Crippen molar-refractivity contribution in [3.63, 3.8) is 0 Å². The molecule has 0 saturated carbocycles. The zero-order valence-electron chi connectivity index (χ0n) is 12.8. The molecule has 0 amide bonds. The van der Waals surface area contributed by atoms with E-state index in [4.69, 9.17) is 5.73 Å². The quantitative estimate of drug-likeness (QED) is 0.546. The SMILES string of the molecule is Cc1ccccc1Sc1ccc(C(=O)c2cccc(N)c2)cc1. The summed E-state index contributed by atoms with van der Waals surface area (Å²) in [6.45, 7) is 2.10. The summed E-state index contributed by atoms with van der Waals surface area (Å²) >= 11 is 1.70. The van der Waals surface area contributed by atoms with Crippen LogP contribution in [0.1, 0.15) is 21.5 Å². The summed E-state index contributed by atoms with van der Waals surface area (Å²) in [6, 6.07) is 23.0. The topological polar surface area (TPSA) is 43.1 Å². The summed E-state index contributed by atoms with van der Waals surface area (Å²) in [5.41, 5.74) is 8.88. The first-order valence-electron chi connectivity index (χ1n) is 7.37. The van der Waals surface area contributed by atoms with Gasteiger partial charge in [0.1, 0.15) is 0 Å². The minimum absolute atomic E-state index is 0.00950. The molecule has 3 rings (SSSR count). The van der Waals surface area contributed by atoms with E-state index in [-0.39, 0.29) is 5.78 Å². The Morgan fingerprint density at radius 1 is 0.870 bits per heavy atom. The summed E-state index contributed by atoms with van der Waals surface area (Å²) in [4.78, 5) is 14.8. The molecule has 0 heterocycles. The van der Waals surface area contributed by atoms with Crippen LogP contribution in [0.5, 0.6) is 0 Å².